The quantitative estimate of drug-likeness (QED) is 0.409. The van der Waals surface area contributed by atoms with Gasteiger partial charge in [0, 0.05) is 0 Å². The van der Waals surface area contributed by atoms with E-state index in [4.69, 9.17) is 0 Å². The summed E-state index contributed by atoms with van der Waals surface area (Å²) < 4.78 is 0. The van der Waals surface area contributed by atoms with Crippen LogP contribution in [0.1, 0.15) is 72.6 Å². The van der Waals surface area contributed by atoms with Gasteiger partial charge in [0.15, 0.2) is 0 Å². The first-order valence-electron chi connectivity index (χ1n) is 9.34. The molecule has 0 aromatic heterocycles. The Labute approximate surface area is 147 Å². The van der Waals surface area contributed by atoms with Crippen LogP contribution in [0.2, 0.25) is 0 Å². The van der Waals surface area contributed by atoms with Crippen LogP contribution in [0, 0.1) is 5.41 Å². The van der Waals surface area contributed by atoms with Gasteiger partial charge in [-0.3, -0.25) is 4.79 Å². The van der Waals surface area contributed by atoms with Gasteiger partial charge < -0.3 is 0 Å². The van der Waals surface area contributed by atoms with E-state index in [2.05, 4.69) is 58.1 Å². The Hall–Kier alpha value is -1.63. The molecular formula is C23H32O. The second kappa shape index (κ2) is 8.46. The van der Waals surface area contributed by atoms with Crippen molar-refractivity contribution in [3.05, 3.63) is 58.2 Å². The average molecular weight is 325 g/mol. The van der Waals surface area contributed by atoms with Gasteiger partial charge in [0.05, 0.1) is 0 Å². The number of hydrogen-bond acceptors (Lipinski definition) is 1. The monoisotopic (exact) mass is 324 g/mol. The fraction of sp³-hybridized carbons (Fsp3) is 0.522. The summed E-state index contributed by atoms with van der Waals surface area (Å²) in [5, 5.41) is 0. The van der Waals surface area contributed by atoms with Crippen LogP contribution in [0.25, 0.3) is 0 Å². The van der Waals surface area contributed by atoms with Crippen molar-refractivity contribution in [3.8, 4) is 0 Å². The molecule has 2 aliphatic carbocycles. The molecule has 130 valence electrons. The van der Waals surface area contributed by atoms with Crippen LogP contribution in [-0.2, 0) is 4.79 Å². The molecule has 1 heteroatoms. The van der Waals surface area contributed by atoms with Gasteiger partial charge >= 0.3 is 0 Å². The maximum absolute atomic E-state index is 11.1. The maximum atomic E-state index is 11.1. The zero-order chi connectivity index (χ0) is 17.6. The molecule has 2 rings (SSSR count). The summed E-state index contributed by atoms with van der Waals surface area (Å²) in [7, 11) is 0. The first-order chi connectivity index (χ1) is 11.4. The van der Waals surface area contributed by atoms with Crippen LogP contribution in [0.5, 0.6) is 0 Å². The van der Waals surface area contributed by atoms with E-state index in [1.54, 1.807) is 0 Å². The molecule has 0 saturated heterocycles. The predicted octanol–water partition coefficient (Wildman–Crippen LogP) is 6.64. The van der Waals surface area contributed by atoms with Crippen molar-refractivity contribution in [3.63, 3.8) is 0 Å². The van der Waals surface area contributed by atoms with Crippen molar-refractivity contribution in [2.75, 3.05) is 0 Å². The standard InChI is InChI=1S/C23H32O/c1-18(9-7-13-20-11-5-6-12-21(20)17-24)14-15-22-19(2)10-8-16-23(22,3)4/h7,9,13-15,17H,5-6,8,10-12,16H2,1-4H3/b13-7+,15-14+,18-9+. The summed E-state index contributed by atoms with van der Waals surface area (Å²) in [6.45, 7) is 9.12. The number of rotatable bonds is 5. The van der Waals surface area contributed by atoms with Crippen LogP contribution in [-0.4, -0.2) is 6.29 Å². The van der Waals surface area contributed by atoms with E-state index in [-0.39, 0.29) is 0 Å². The molecule has 0 N–H and O–H groups in total. The molecule has 0 atom stereocenters. The molecule has 0 amide bonds. The van der Waals surface area contributed by atoms with E-state index in [1.165, 1.54) is 48.0 Å². The van der Waals surface area contributed by atoms with E-state index in [0.717, 1.165) is 31.1 Å². The Balaban J connectivity index is 2.07. The van der Waals surface area contributed by atoms with Gasteiger partial charge in [0.2, 0.25) is 0 Å². The van der Waals surface area contributed by atoms with Crippen molar-refractivity contribution in [1.29, 1.82) is 0 Å². The number of carbonyl (C=O) groups is 1. The van der Waals surface area contributed by atoms with E-state index in [9.17, 15) is 4.79 Å². The summed E-state index contributed by atoms with van der Waals surface area (Å²) in [5.41, 5.74) is 6.79. The maximum Gasteiger partial charge on any atom is 0.146 e. The molecule has 0 aromatic rings. The minimum atomic E-state index is 0.292. The van der Waals surface area contributed by atoms with Gasteiger partial charge in [-0.25, -0.2) is 0 Å². The third-order valence-corrected chi connectivity index (χ3v) is 5.41. The van der Waals surface area contributed by atoms with Crippen LogP contribution < -0.4 is 0 Å². The molecule has 0 heterocycles. The van der Waals surface area contributed by atoms with E-state index >= 15 is 0 Å². The molecule has 0 bridgehead atoms. The third-order valence-electron chi connectivity index (χ3n) is 5.41. The van der Waals surface area contributed by atoms with Crippen LogP contribution in [0.15, 0.2) is 58.2 Å². The summed E-state index contributed by atoms with van der Waals surface area (Å²) in [5.74, 6) is 0. The van der Waals surface area contributed by atoms with Crippen molar-refractivity contribution < 1.29 is 4.79 Å². The largest absolute Gasteiger partial charge is 0.298 e. The fourth-order valence-corrected chi connectivity index (χ4v) is 3.87. The first-order valence-corrected chi connectivity index (χ1v) is 9.34. The molecule has 0 fully saturated rings. The Morgan fingerprint density at radius 3 is 2.38 bits per heavy atom. The summed E-state index contributed by atoms with van der Waals surface area (Å²) in [6, 6.07) is 0. The molecule has 0 spiro atoms. The molecule has 0 radical (unpaired) electrons. The highest BCUT2D eigenvalue weighted by atomic mass is 16.1. The summed E-state index contributed by atoms with van der Waals surface area (Å²) in [6.07, 6.45) is 20.1. The fourth-order valence-electron chi connectivity index (χ4n) is 3.87. The second-order valence-electron chi connectivity index (χ2n) is 7.91. The lowest BCUT2D eigenvalue weighted by molar-refractivity contribution is -0.105. The highest BCUT2D eigenvalue weighted by Crippen LogP contribution is 2.40. The topological polar surface area (TPSA) is 17.1 Å². The Bertz CT molecular complexity index is 620. The SMILES string of the molecule is CC1=C(/C=C/C(C)=C/C=C/C2=C(C=O)CCCC2)C(C)(C)CCC1. The van der Waals surface area contributed by atoms with Gasteiger partial charge in [0.25, 0.3) is 0 Å². The number of allylic oxidation sites excluding steroid dienone is 10. The van der Waals surface area contributed by atoms with Gasteiger partial charge in [-0.15, -0.1) is 0 Å². The number of aldehydes is 1. The van der Waals surface area contributed by atoms with E-state index in [0.29, 0.717) is 5.41 Å². The van der Waals surface area contributed by atoms with Crippen molar-refractivity contribution in [2.24, 2.45) is 5.41 Å². The van der Waals surface area contributed by atoms with Crippen molar-refractivity contribution in [2.45, 2.75) is 72.6 Å². The molecule has 0 aromatic carbocycles. The zero-order valence-electron chi connectivity index (χ0n) is 15.8. The van der Waals surface area contributed by atoms with Gasteiger partial charge in [-0.05, 0) is 80.9 Å². The van der Waals surface area contributed by atoms with Gasteiger partial charge in [0.1, 0.15) is 6.29 Å². The highest BCUT2D eigenvalue weighted by Gasteiger charge is 2.26. The Kier molecular flexibility index (Phi) is 6.60. The molecule has 0 saturated carbocycles. The number of hydrogen-bond donors (Lipinski definition) is 0. The zero-order valence-corrected chi connectivity index (χ0v) is 15.8. The van der Waals surface area contributed by atoms with Gasteiger partial charge in [-0.2, -0.15) is 0 Å². The lowest BCUT2D eigenvalue weighted by atomic mass is 9.72. The number of carbonyl (C=O) groups excluding carboxylic acids is 1. The summed E-state index contributed by atoms with van der Waals surface area (Å²) >= 11 is 0. The van der Waals surface area contributed by atoms with Crippen LogP contribution in [0.3, 0.4) is 0 Å². The molecule has 0 aliphatic heterocycles. The normalized spacial score (nSPS) is 22.8. The molecule has 24 heavy (non-hydrogen) atoms. The highest BCUT2D eigenvalue weighted by molar-refractivity contribution is 5.75. The lowest BCUT2D eigenvalue weighted by Gasteiger charge is -2.32. The smallest absolute Gasteiger partial charge is 0.146 e. The predicted molar refractivity (Wildman–Crippen MR) is 104 cm³/mol. The second-order valence-corrected chi connectivity index (χ2v) is 7.91. The van der Waals surface area contributed by atoms with E-state index in [1.807, 2.05) is 0 Å². The molecule has 1 nitrogen and oxygen atoms in total. The summed E-state index contributed by atoms with van der Waals surface area (Å²) in [4.78, 5) is 11.1. The minimum absolute atomic E-state index is 0.292. The molecular weight excluding hydrogens is 292 g/mol. The average Bonchev–Trinajstić information content (AvgIpc) is 2.54. The lowest BCUT2D eigenvalue weighted by Crippen LogP contribution is -2.19. The van der Waals surface area contributed by atoms with Crippen LogP contribution >= 0.6 is 0 Å². The van der Waals surface area contributed by atoms with Crippen molar-refractivity contribution in [1.82, 2.24) is 0 Å². The van der Waals surface area contributed by atoms with Gasteiger partial charge in [-0.1, -0.05) is 55.4 Å². The van der Waals surface area contributed by atoms with Crippen LogP contribution in [0.4, 0.5) is 0 Å². The molecule has 2 aliphatic rings. The third kappa shape index (κ3) is 4.93. The first kappa shape index (κ1) is 18.7. The van der Waals surface area contributed by atoms with Crippen molar-refractivity contribution >= 4 is 6.29 Å². The Morgan fingerprint density at radius 1 is 1.00 bits per heavy atom. The van der Waals surface area contributed by atoms with E-state index < -0.39 is 0 Å². The molecule has 0 unspecified atom stereocenters. The Morgan fingerprint density at radius 2 is 1.71 bits per heavy atom. The minimum Gasteiger partial charge on any atom is -0.298 e.